The molecular weight excluding hydrogens is 472 g/mol. The van der Waals surface area contributed by atoms with Crippen LogP contribution in [0.25, 0.3) is 0 Å². The zero-order valence-electron chi connectivity index (χ0n) is 14.9. The number of hydrogen-bond acceptors (Lipinski definition) is 5. The van der Waals surface area contributed by atoms with Crippen LogP contribution in [0.1, 0.15) is 20.3 Å². The molecule has 1 aromatic heterocycles. The first-order valence-corrected chi connectivity index (χ1v) is 13.0. The van der Waals surface area contributed by atoms with E-state index in [1.807, 2.05) is 0 Å². The largest absolute Gasteiger partial charge is 0.279 e. The molecule has 0 unspecified atom stereocenters. The Hall–Kier alpha value is -0.940. The van der Waals surface area contributed by atoms with Gasteiger partial charge < -0.3 is 0 Å². The van der Waals surface area contributed by atoms with Crippen molar-refractivity contribution in [2.24, 2.45) is 11.8 Å². The summed E-state index contributed by atoms with van der Waals surface area (Å²) in [4.78, 5) is 0.172. The number of anilines is 1. The van der Waals surface area contributed by atoms with Crippen molar-refractivity contribution in [2.45, 2.75) is 29.4 Å². The molecule has 1 aliphatic rings. The van der Waals surface area contributed by atoms with Crippen LogP contribution < -0.4 is 4.72 Å². The van der Waals surface area contributed by atoms with Gasteiger partial charge in [-0.1, -0.05) is 13.8 Å². The van der Waals surface area contributed by atoms with Gasteiger partial charge in [0.05, 0.1) is 8.68 Å². The van der Waals surface area contributed by atoms with Gasteiger partial charge in [-0.05, 0) is 70.6 Å². The van der Waals surface area contributed by atoms with Crippen molar-refractivity contribution >= 4 is 53.0 Å². The molecule has 1 saturated heterocycles. The average molecular weight is 493 g/mol. The Bertz CT molecular complexity index is 1010. The van der Waals surface area contributed by atoms with Crippen LogP contribution in [0.4, 0.5) is 5.69 Å². The van der Waals surface area contributed by atoms with Crippen LogP contribution in [-0.2, 0) is 20.0 Å². The van der Waals surface area contributed by atoms with Gasteiger partial charge in [0.2, 0.25) is 10.0 Å². The maximum Gasteiger partial charge on any atom is 0.271 e. The van der Waals surface area contributed by atoms with E-state index in [2.05, 4.69) is 34.5 Å². The van der Waals surface area contributed by atoms with E-state index in [0.717, 1.165) is 17.8 Å². The number of halogens is 1. The lowest BCUT2D eigenvalue weighted by Gasteiger charge is -2.34. The normalized spacial score (nSPS) is 21.9. The number of piperidine rings is 1. The minimum atomic E-state index is -3.70. The van der Waals surface area contributed by atoms with Gasteiger partial charge in [0.1, 0.15) is 4.21 Å². The van der Waals surface area contributed by atoms with Gasteiger partial charge in [-0.3, -0.25) is 4.72 Å². The van der Waals surface area contributed by atoms with Gasteiger partial charge in [-0.25, -0.2) is 16.8 Å². The Morgan fingerprint density at radius 1 is 1.00 bits per heavy atom. The second kappa shape index (κ2) is 7.82. The summed E-state index contributed by atoms with van der Waals surface area (Å²) in [6, 6.07) is 9.01. The van der Waals surface area contributed by atoms with Crippen molar-refractivity contribution in [3.8, 4) is 0 Å². The molecule has 148 valence electrons. The van der Waals surface area contributed by atoms with E-state index >= 15 is 0 Å². The molecule has 0 aliphatic carbocycles. The summed E-state index contributed by atoms with van der Waals surface area (Å²) < 4.78 is 55.4. The van der Waals surface area contributed by atoms with Gasteiger partial charge >= 0.3 is 0 Å². The fourth-order valence-electron chi connectivity index (χ4n) is 3.29. The van der Waals surface area contributed by atoms with Crippen LogP contribution in [0.3, 0.4) is 0 Å². The van der Waals surface area contributed by atoms with Gasteiger partial charge in [0, 0.05) is 18.8 Å². The Balaban J connectivity index is 1.79. The molecular formula is C17H21BrN2O4S3. The van der Waals surface area contributed by atoms with E-state index in [9.17, 15) is 16.8 Å². The number of benzene rings is 1. The van der Waals surface area contributed by atoms with E-state index in [0.29, 0.717) is 34.4 Å². The van der Waals surface area contributed by atoms with E-state index in [1.54, 1.807) is 6.07 Å². The van der Waals surface area contributed by atoms with E-state index in [1.165, 1.54) is 34.6 Å². The molecule has 0 bridgehead atoms. The van der Waals surface area contributed by atoms with Crippen LogP contribution in [-0.4, -0.2) is 34.2 Å². The van der Waals surface area contributed by atoms with Gasteiger partial charge in [0.15, 0.2) is 0 Å². The number of nitrogens with one attached hydrogen (secondary N) is 1. The molecule has 0 spiro atoms. The highest BCUT2D eigenvalue weighted by atomic mass is 79.9. The van der Waals surface area contributed by atoms with Crippen molar-refractivity contribution in [1.29, 1.82) is 0 Å². The molecule has 1 aliphatic heterocycles. The topological polar surface area (TPSA) is 83.6 Å². The van der Waals surface area contributed by atoms with Crippen molar-refractivity contribution in [3.05, 3.63) is 40.2 Å². The third-order valence-corrected chi connectivity index (χ3v) is 9.74. The highest BCUT2D eigenvalue weighted by molar-refractivity contribution is 9.11. The molecule has 1 N–H and O–H groups in total. The molecule has 3 rings (SSSR count). The second-order valence-electron chi connectivity index (χ2n) is 6.96. The van der Waals surface area contributed by atoms with Crippen molar-refractivity contribution in [3.63, 3.8) is 0 Å². The monoisotopic (exact) mass is 492 g/mol. The summed E-state index contributed by atoms with van der Waals surface area (Å²) >= 11 is 4.35. The third-order valence-electron chi connectivity index (χ3n) is 4.39. The highest BCUT2D eigenvalue weighted by Gasteiger charge is 2.31. The van der Waals surface area contributed by atoms with Gasteiger partial charge in [0.25, 0.3) is 10.0 Å². The molecule has 0 radical (unpaired) electrons. The molecule has 1 fully saturated rings. The van der Waals surface area contributed by atoms with Gasteiger partial charge in [-0.2, -0.15) is 4.31 Å². The van der Waals surface area contributed by atoms with Crippen LogP contribution in [0, 0.1) is 11.8 Å². The predicted octanol–water partition coefficient (Wildman–Crippen LogP) is 3.98. The summed E-state index contributed by atoms with van der Waals surface area (Å²) in [5.41, 5.74) is 0.318. The molecule has 1 aromatic carbocycles. The summed E-state index contributed by atoms with van der Waals surface area (Å²) in [5.74, 6) is 0.638. The van der Waals surface area contributed by atoms with Crippen LogP contribution >= 0.6 is 27.3 Å². The molecule has 27 heavy (non-hydrogen) atoms. The minimum absolute atomic E-state index is 0.172. The molecule has 10 heteroatoms. The standard InChI is InChI=1S/C17H21BrN2O4S3/c1-12-9-13(2)11-20(10-12)27(23,24)15-5-3-14(4-6-15)19-26(21,22)17-8-7-16(18)25-17/h3-8,12-13,19H,9-11H2,1-2H3/t12-,13-/m1/s1. The first kappa shape index (κ1) is 20.8. The number of thiophene rings is 1. The number of rotatable bonds is 5. The SMILES string of the molecule is C[C@@H]1C[C@@H](C)CN(S(=O)(=O)c2ccc(NS(=O)(=O)c3ccc(Br)s3)cc2)C1. The molecule has 2 heterocycles. The number of hydrogen-bond donors (Lipinski definition) is 1. The molecule has 2 atom stereocenters. The number of sulfonamides is 2. The minimum Gasteiger partial charge on any atom is -0.279 e. The van der Waals surface area contributed by atoms with Crippen molar-refractivity contribution in [2.75, 3.05) is 17.8 Å². The van der Waals surface area contributed by atoms with Crippen molar-refractivity contribution in [1.82, 2.24) is 4.31 Å². The summed E-state index contributed by atoms with van der Waals surface area (Å²) in [5, 5.41) is 0. The Morgan fingerprint density at radius 3 is 2.11 bits per heavy atom. The first-order chi connectivity index (χ1) is 12.6. The molecule has 2 aromatic rings. The second-order valence-corrected chi connectivity index (χ2v) is 13.3. The fourth-order valence-corrected chi connectivity index (χ4v) is 8.04. The lowest BCUT2D eigenvalue weighted by Crippen LogP contribution is -2.42. The fraction of sp³-hybridized carbons (Fsp3) is 0.412. The average Bonchev–Trinajstić information content (AvgIpc) is 3.01. The quantitative estimate of drug-likeness (QED) is 0.683. The van der Waals surface area contributed by atoms with Crippen LogP contribution in [0.5, 0.6) is 0 Å². The smallest absolute Gasteiger partial charge is 0.271 e. The summed E-state index contributed by atoms with van der Waals surface area (Å²) in [7, 11) is -7.28. The maximum atomic E-state index is 12.9. The maximum absolute atomic E-state index is 12.9. The Morgan fingerprint density at radius 2 is 1.59 bits per heavy atom. The highest BCUT2D eigenvalue weighted by Crippen LogP contribution is 2.29. The lowest BCUT2D eigenvalue weighted by atomic mass is 9.94. The molecule has 6 nitrogen and oxygen atoms in total. The molecule has 0 amide bonds. The van der Waals surface area contributed by atoms with Crippen molar-refractivity contribution < 1.29 is 16.8 Å². The first-order valence-electron chi connectivity index (χ1n) is 8.46. The summed E-state index contributed by atoms with van der Waals surface area (Å²) in [6.07, 6.45) is 1.02. The molecule has 0 saturated carbocycles. The predicted molar refractivity (Wildman–Crippen MR) is 111 cm³/mol. The Kier molecular flexibility index (Phi) is 6.02. The van der Waals surface area contributed by atoms with E-state index in [-0.39, 0.29) is 9.10 Å². The number of nitrogens with zero attached hydrogens (tertiary/aromatic N) is 1. The van der Waals surface area contributed by atoms with Crippen LogP contribution in [0.15, 0.2) is 49.3 Å². The lowest BCUT2D eigenvalue weighted by molar-refractivity contribution is 0.222. The summed E-state index contributed by atoms with van der Waals surface area (Å²) in [6.45, 7) is 5.13. The zero-order valence-corrected chi connectivity index (χ0v) is 19.0. The van der Waals surface area contributed by atoms with Gasteiger partial charge in [-0.15, -0.1) is 11.3 Å². The van der Waals surface area contributed by atoms with Crippen LogP contribution in [0.2, 0.25) is 0 Å². The zero-order chi connectivity index (χ0) is 19.8. The third kappa shape index (κ3) is 4.73. The van der Waals surface area contributed by atoms with E-state index < -0.39 is 20.0 Å². The Labute approximate surface area is 172 Å². The van der Waals surface area contributed by atoms with E-state index in [4.69, 9.17) is 0 Å².